The summed E-state index contributed by atoms with van der Waals surface area (Å²) >= 11 is 0. The first-order valence-corrected chi connectivity index (χ1v) is 2.62. The molecule has 44 valence electrons. The Morgan fingerprint density at radius 2 is 2.25 bits per heavy atom. The van der Waals surface area contributed by atoms with E-state index in [-0.39, 0.29) is 5.78 Å². The standard InChI is InChI=1S/C6H9NO/c1-7(2)5-3-4-6(5)8/h3H,4H2,1-2H3. The fraction of sp³-hybridized carbons (Fsp3) is 0.500. The van der Waals surface area contributed by atoms with Gasteiger partial charge in [-0.25, -0.2) is 0 Å². The van der Waals surface area contributed by atoms with Crippen LogP contribution in [0.5, 0.6) is 0 Å². The van der Waals surface area contributed by atoms with Crippen molar-refractivity contribution in [3.8, 4) is 0 Å². The predicted octanol–water partition coefficient (Wildman–Crippen LogP) is 0.405. The molecule has 0 unspecified atom stereocenters. The van der Waals surface area contributed by atoms with Crippen molar-refractivity contribution in [3.63, 3.8) is 0 Å². The molecule has 1 aliphatic rings. The Kier molecular flexibility index (Phi) is 1.08. The fourth-order valence-corrected chi connectivity index (χ4v) is 0.709. The van der Waals surface area contributed by atoms with E-state index in [9.17, 15) is 4.79 Å². The lowest BCUT2D eigenvalue weighted by Gasteiger charge is -2.20. The molecule has 0 radical (unpaired) electrons. The van der Waals surface area contributed by atoms with Crippen LogP contribution in [0, 0.1) is 0 Å². The van der Waals surface area contributed by atoms with E-state index in [2.05, 4.69) is 0 Å². The highest BCUT2D eigenvalue weighted by molar-refractivity contribution is 6.01. The molecule has 0 atom stereocenters. The van der Waals surface area contributed by atoms with Gasteiger partial charge in [0.25, 0.3) is 0 Å². The Balaban J connectivity index is 2.62. The summed E-state index contributed by atoms with van der Waals surface area (Å²) in [5, 5.41) is 0. The molecule has 0 saturated carbocycles. The van der Waals surface area contributed by atoms with Gasteiger partial charge in [0.15, 0.2) is 5.78 Å². The van der Waals surface area contributed by atoms with E-state index in [0.29, 0.717) is 6.42 Å². The van der Waals surface area contributed by atoms with E-state index in [4.69, 9.17) is 0 Å². The number of carbonyl (C=O) groups excluding carboxylic acids is 1. The number of hydrogen-bond donors (Lipinski definition) is 0. The summed E-state index contributed by atoms with van der Waals surface area (Å²) in [7, 11) is 3.76. The lowest BCUT2D eigenvalue weighted by atomic mass is 10.0. The van der Waals surface area contributed by atoms with Crippen LogP contribution in [0.4, 0.5) is 0 Å². The topological polar surface area (TPSA) is 20.3 Å². The molecule has 8 heavy (non-hydrogen) atoms. The zero-order valence-corrected chi connectivity index (χ0v) is 5.14. The first-order chi connectivity index (χ1) is 3.72. The van der Waals surface area contributed by atoms with Crippen molar-refractivity contribution in [1.82, 2.24) is 4.90 Å². The maximum Gasteiger partial charge on any atom is 0.182 e. The molecule has 0 heterocycles. The molecule has 2 nitrogen and oxygen atoms in total. The second kappa shape index (κ2) is 1.62. The maximum absolute atomic E-state index is 10.6. The molecule has 1 rings (SSSR count). The lowest BCUT2D eigenvalue weighted by molar-refractivity contribution is -0.117. The minimum absolute atomic E-state index is 0.259. The van der Waals surface area contributed by atoms with Gasteiger partial charge in [0.1, 0.15) is 0 Å². The van der Waals surface area contributed by atoms with Gasteiger partial charge in [0.2, 0.25) is 0 Å². The SMILES string of the molecule is CN(C)C1=CCC1=O. The number of Topliss-reactive ketones (excluding diaryl/α,β-unsaturated/α-hetero) is 1. The molecule has 0 bridgehead atoms. The van der Waals surface area contributed by atoms with Crippen molar-refractivity contribution in [2.45, 2.75) is 6.42 Å². The van der Waals surface area contributed by atoms with E-state index in [1.54, 1.807) is 0 Å². The largest absolute Gasteiger partial charge is 0.375 e. The van der Waals surface area contributed by atoms with Crippen molar-refractivity contribution >= 4 is 5.78 Å². The second-order valence-electron chi connectivity index (χ2n) is 2.11. The number of allylic oxidation sites excluding steroid dienone is 2. The van der Waals surface area contributed by atoms with Crippen molar-refractivity contribution in [2.75, 3.05) is 14.1 Å². The highest BCUT2D eigenvalue weighted by Gasteiger charge is 2.17. The Bertz CT molecular complexity index is 147. The molecule has 0 aromatic rings. The number of hydrogen-bond acceptors (Lipinski definition) is 2. The van der Waals surface area contributed by atoms with Crippen molar-refractivity contribution in [2.24, 2.45) is 0 Å². The van der Waals surface area contributed by atoms with Crippen LogP contribution in [0.15, 0.2) is 11.8 Å². The fourth-order valence-electron chi connectivity index (χ4n) is 0.709. The van der Waals surface area contributed by atoms with Gasteiger partial charge in [-0.2, -0.15) is 0 Å². The minimum atomic E-state index is 0.259. The van der Waals surface area contributed by atoms with Crippen LogP contribution in [-0.4, -0.2) is 24.8 Å². The average molecular weight is 111 g/mol. The molecule has 0 spiro atoms. The van der Waals surface area contributed by atoms with E-state index in [1.807, 2.05) is 25.1 Å². The molecule has 0 fully saturated rings. The van der Waals surface area contributed by atoms with Crippen LogP contribution in [0.2, 0.25) is 0 Å². The summed E-state index contributed by atoms with van der Waals surface area (Å²) in [6, 6.07) is 0. The summed E-state index contributed by atoms with van der Waals surface area (Å²) in [6.07, 6.45) is 2.57. The lowest BCUT2D eigenvalue weighted by Crippen LogP contribution is -2.24. The van der Waals surface area contributed by atoms with E-state index >= 15 is 0 Å². The molecule has 1 aliphatic carbocycles. The number of carbonyl (C=O) groups is 1. The molecule has 0 amide bonds. The highest BCUT2D eigenvalue weighted by atomic mass is 16.1. The third-order valence-electron chi connectivity index (χ3n) is 1.25. The summed E-state index contributed by atoms with van der Waals surface area (Å²) in [4.78, 5) is 12.4. The van der Waals surface area contributed by atoms with Gasteiger partial charge in [-0.3, -0.25) is 4.79 Å². The second-order valence-corrected chi connectivity index (χ2v) is 2.11. The third kappa shape index (κ3) is 0.619. The number of nitrogens with zero attached hydrogens (tertiary/aromatic N) is 1. The van der Waals surface area contributed by atoms with Gasteiger partial charge in [-0.15, -0.1) is 0 Å². The Morgan fingerprint density at radius 1 is 1.62 bits per heavy atom. The molecule has 2 heteroatoms. The van der Waals surface area contributed by atoms with Crippen LogP contribution in [-0.2, 0) is 4.79 Å². The number of rotatable bonds is 1. The zero-order chi connectivity index (χ0) is 6.15. The van der Waals surface area contributed by atoms with Gasteiger partial charge in [0.05, 0.1) is 5.70 Å². The Morgan fingerprint density at radius 3 is 2.25 bits per heavy atom. The smallest absolute Gasteiger partial charge is 0.182 e. The molecule has 0 aromatic heterocycles. The van der Waals surface area contributed by atoms with E-state index in [0.717, 1.165) is 5.70 Å². The van der Waals surface area contributed by atoms with Crippen molar-refractivity contribution in [3.05, 3.63) is 11.8 Å². The normalized spacial score (nSPS) is 17.2. The van der Waals surface area contributed by atoms with Gasteiger partial charge < -0.3 is 4.90 Å². The molecule has 0 aliphatic heterocycles. The van der Waals surface area contributed by atoms with E-state index < -0.39 is 0 Å². The zero-order valence-electron chi connectivity index (χ0n) is 5.14. The summed E-state index contributed by atoms with van der Waals surface area (Å²) in [5.41, 5.74) is 0.852. The number of ketones is 1. The quantitative estimate of drug-likeness (QED) is 0.488. The van der Waals surface area contributed by atoms with Gasteiger partial charge in [-0.1, -0.05) is 0 Å². The van der Waals surface area contributed by atoms with Gasteiger partial charge in [-0.05, 0) is 6.08 Å². The van der Waals surface area contributed by atoms with Crippen molar-refractivity contribution in [1.29, 1.82) is 0 Å². The van der Waals surface area contributed by atoms with Crippen LogP contribution in [0.25, 0.3) is 0 Å². The average Bonchev–Trinajstić information content (AvgIpc) is 1.61. The number of likely N-dealkylation sites (N-methyl/N-ethyl adjacent to an activating group) is 1. The molecule has 0 saturated heterocycles. The summed E-state index contributed by atoms with van der Waals surface area (Å²) in [5.74, 6) is 0.259. The summed E-state index contributed by atoms with van der Waals surface area (Å²) < 4.78 is 0. The van der Waals surface area contributed by atoms with Crippen LogP contribution in [0.1, 0.15) is 6.42 Å². The predicted molar refractivity (Wildman–Crippen MR) is 31.4 cm³/mol. The Labute approximate surface area is 48.8 Å². The maximum atomic E-state index is 10.6. The van der Waals surface area contributed by atoms with Crippen LogP contribution >= 0.6 is 0 Å². The third-order valence-corrected chi connectivity index (χ3v) is 1.25. The van der Waals surface area contributed by atoms with Gasteiger partial charge in [0, 0.05) is 20.5 Å². The first-order valence-electron chi connectivity index (χ1n) is 2.62. The van der Waals surface area contributed by atoms with Gasteiger partial charge >= 0.3 is 0 Å². The molecular weight excluding hydrogens is 102 g/mol. The van der Waals surface area contributed by atoms with Crippen molar-refractivity contribution < 1.29 is 4.79 Å². The monoisotopic (exact) mass is 111 g/mol. The Hall–Kier alpha value is -0.790. The van der Waals surface area contributed by atoms with Crippen LogP contribution < -0.4 is 0 Å². The molecular formula is C6H9NO. The minimum Gasteiger partial charge on any atom is -0.375 e. The summed E-state index contributed by atoms with van der Waals surface area (Å²) in [6.45, 7) is 0. The molecule has 0 N–H and O–H groups in total. The van der Waals surface area contributed by atoms with Crippen LogP contribution in [0.3, 0.4) is 0 Å². The van der Waals surface area contributed by atoms with E-state index in [1.165, 1.54) is 0 Å². The highest BCUT2D eigenvalue weighted by Crippen LogP contribution is 2.14. The first kappa shape index (κ1) is 5.35. The molecule has 0 aromatic carbocycles.